The number of pyridine rings is 1. The van der Waals surface area contributed by atoms with Crippen molar-refractivity contribution in [2.75, 3.05) is 19.6 Å². The summed E-state index contributed by atoms with van der Waals surface area (Å²) in [4.78, 5) is 86.7. The van der Waals surface area contributed by atoms with Gasteiger partial charge in [-0.1, -0.05) is 44.2 Å². The van der Waals surface area contributed by atoms with Crippen LogP contribution < -0.4 is 26.8 Å². The first-order valence-corrected chi connectivity index (χ1v) is 15.6. The fourth-order valence-electron chi connectivity index (χ4n) is 5.11. The molecule has 250 valence electrons. The number of carbonyl (C=O) groups is 5. The monoisotopic (exact) mass is 647 g/mol. The van der Waals surface area contributed by atoms with Crippen molar-refractivity contribution in [2.24, 2.45) is 5.92 Å². The Morgan fingerprint density at radius 3 is 2.34 bits per heavy atom. The number of carbonyl (C=O) groups excluding carboxylic acids is 5. The smallest absolute Gasteiger partial charge is 0.260 e. The number of H-pyrrole nitrogens is 1. The van der Waals surface area contributed by atoms with Crippen LogP contribution >= 0.6 is 0 Å². The molecule has 3 aromatic rings. The lowest BCUT2D eigenvalue weighted by molar-refractivity contribution is -0.132. The van der Waals surface area contributed by atoms with Crippen LogP contribution in [-0.4, -0.2) is 85.9 Å². The van der Waals surface area contributed by atoms with Crippen LogP contribution in [0.15, 0.2) is 53.5 Å². The zero-order chi connectivity index (χ0) is 34.1. The summed E-state index contributed by atoms with van der Waals surface area (Å²) in [7, 11) is 0. The van der Waals surface area contributed by atoms with Crippen LogP contribution in [0.3, 0.4) is 0 Å². The highest BCUT2D eigenvalue weighted by molar-refractivity contribution is 5.97. The van der Waals surface area contributed by atoms with Crippen molar-refractivity contribution in [2.45, 2.75) is 65.2 Å². The molecule has 0 bridgehead atoms. The van der Waals surface area contributed by atoms with Crippen molar-refractivity contribution < 1.29 is 24.0 Å². The second kappa shape index (κ2) is 15.8. The number of rotatable bonds is 4. The molecule has 5 N–H and O–H groups in total. The zero-order valence-electron chi connectivity index (χ0n) is 26.9. The van der Waals surface area contributed by atoms with Crippen LogP contribution in [0, 0.1) is 5.92 Å². The molecule has 5 amide bonds. The van der Waals surface area contributed by atoms with Crippen molar-refractivity contribution in [1.29, 1.82) is 0 Å². The van der Waals surface area contributed by atoms with Gasteiger partial charge in [0.25, 0.3) is 11.5 Å². The maximum atomic E-state index is 13.5. The Morgan fingerprint density at radius 1 is 0.894 bits per heavy atom. The highest BCUT2D eigenvalue weighted by Crippen LogP contribution is 2.19. The van der Waals surface area contributed by atoms with Gasteiger partial charge < -0.3 is 31.2 Å². The fourth-order valence-corrected chi connectivity index (χ4v) is 5.11. The first-order valence-electron chi connectivity index (χ1n) is 15.6. The summed E-state index contributed by atoms with van der Waals surface area (Å²) in [6.45, 7) is 6.53. The third kappa shape index (κ3) is 9.34. The molecule has 0 saturated heterocycles. The molecule has 15 heteroatoms. The van der Waals surface area contributed by atoms with Crippen LogP contribution in [-0.2, 0) is 25.7 Å². The lowest BCUT2D eigenvalue weighted by Crippen LogP contribution is -2.54. The van der Waals surface area contributed by atoms with Crippen molar-refractivity contribution in [3.8, 4) is 11.4 Å². The lowest BCUT2D eigenvalue weighted by atomic mass is 10.0. The van der Waals surface area contributed by atoms with E-state index in [2.05, 4.69) is 36.3 Å². The molecule has 1 aliphatic rings. The van der Waals surface area contributed by atoms with E-state index >= 15 is 0 Å². The second-order valence-corrected chi connectivity index (χ2v) is 11.9. The van der Waals surface area contributed by atoms with E-state index in [0.29, 0.717) is 18.1 Å². The van der Waals surface area contributed by atoms with Crippen LogP contribution in [0.25, 0.3) is 11.4 Å². The Kier molecular flexibility index (Phi) is 11.6. The molecular formula is C32H41N9O6. The zero-order valence-corrected chi connectivity index (χ0v) is 26.9. The van der Waals surface area contributed by atoms with E-state index in [1.165, 1.54) is 34.8 Å². The Morgan fingerprint density at radius 2 is 1.64 bits per heavy atom. The van der Waals surface area contributed by atoms with Crippen molar-refractivity contribution in [1.82, 2.24) is 45.9 Å². The molecule has 0 aliphatic carbocycles. The number of hydrogen-bond donors (Lipinski definition) is 5. The highest BCUT2D eigenvalue weighted by Gasteiger charge is 2.29. The molecule has 1 aliphatic heterocycles. The molecule has 47 heavy (non-hydrogen) atoms. The second-order valence-electron chi connectivity index (χ2n) is 11.9. The third-order valence-corrected chi connectivity index (χ3v) is 7.48. The Bertz CT molecular complexity index is 1650. The van der Waals surface area contributed by atoms with Gasteiger partial charge in [-0.05, 0) is 44.7 Å². The highest BCUT2D eigenvalue weighted by atomic mass is 16.2. The summed E-state index contributed by atoms with van der Waals surface area (Å²) in [5.41, 5.74) is -0.0429. The summed E-state index contributed by atoms with van der Waals surface area (Å²) in [5.74, 6) is -2.03. The van der Waals surface area contributed by atoms with E-state index in [4.69, 9.17) is 0 Å². The summed E-state index contributed by atoms with van der Waals surface area (Å²) in [6.07, 6.45) is 1.96. The number of nitrogens with one attached hydrogen (secondary N) is 5. The fraction of sp³-hybridized carbons (Fsp3) is 0.438. The Labute approximate surface area is 271 Å². The molecule has 0 radical (unpaired) electrons. The predicted octanol–water partition coefficient (Wildman–Crippen LogP) is 0.509. The predicted molar refractivity (Wildman–Crippen MR) is 172 cm³/mol. The van der Waals surface area contributed by atoms with Gasteiger partial charge in [-0.25, -0.2) is 9.67 Å². The maximum Gasteiger partial charge on any atom is 0.260 e. The van der Waals surface area contributed by atoms with E-state index in [1.54, 1.807) is 6.92 Å². The molecular weight excluding hydrogens is 606 g/mol. The Balaban J connectivity index is 1.64. The number of hydrogen-bond acceptors (Lipinski definition) is 8. The minimum atomic E-state index is -1.04. The van der Waals surface area contributed by atoms with Crippen LogP contribution in [0.4, 0.5) is 0 Å². The molecule has 0 saturated carbocycles. The summed E-state index contributed by atoms with van der Waals surface area (Å²) in [5, 5.41) is 15.6. The summed E-state index contributed by atoms with van der Waals surface area (Å²) < 4.78 is 1.43. The van der Waals surface area contributed by atoms with E-state index in [9.17, 15) is 28.8 Å². The Hall–Kier alpha value is -5.34. The van der Waals surface area contributed by atoms with E-state index in [1.807, 2.05) is 44.2 Å². The molecule has 15 nitrogen and oxygen atoms in total. The van der Waals surface area contributed by atoms with Gasteiger partial charge in [0, 0.05) is 24.8 Å². The molecule has 1 aromatic carbocycles. The molecule has 3 heterocycles. The average molecular weight is 648 g/mol. The molecule has 0 unspecified atom stereocenters. The third-order valence-electron chi connectivity index (χ3n) is 7.48. The lowest BCUT2D eigenvalue weighted by Gasteiger charge is -2.25. The minimum Gasteiger partial charge on any atom is -0.354 e. The maximum absolute atomic E-state index is 13.5. The van der Waals surface area contributed by atoms with Gasteiger partial charge in [0.1, 0.15) is 30.0 Å². The van der Waals surface area contributed by atoms with Gasteiger partial charge in [0.15, 0.2) is 5.82 Å². The van der Waals surface area contributed by atoms with Gasteiger partial charge in [-0.15, -0.1) is 0 Å². The number of benzene rings is 1. The van der Waals surface area contributed by atoms with Gasteiger partial charge in [0.05, 0.1) is 12.6 Å². The van der Waals surface area contributed by atoms with Crippen LogP contribution in [0.5, 0.6) is 0 Å². The molecule has 0 spiro atoms. The average Bonchev–Trinajstić information content (AvgIpc) is 3.45. The molecule has 0 fully saturated rings. The number of nitrogens with zero attached hydrogens (tertiary/aromatic N) is 4. The molecule has 4 rings (SSSR count). The van der Waals surface area contributed by atoms with Gasteiger partial charge in [0.2, 0.25) is 23.6 Å². The largest absolute Gasteiger partial charge is 0.354 e. The quantitative estimate of drug-likeness (QED) is 0.270. The van der Waals surface area contributed by atoms with Crippen LogP contribution in [0.2, 0.25) is 0 Å². The first-order chi connectivity index (χ1) is 22.4. The van der Waals surface area contributed by atoms with Crippen molar-refractivity contribution >= 4 is 29.5 Å². The topological polar surface area (TPSA) is 200 Å². The van der Waals surface area contributed by atoms with Gasteiger partial charge in [-0.3, -0.25) is 28.8 Å². The van der Waals surface area contributed by atoms with Gasteiger partial charge >= 0.3 is 0 Å². The van der Waals surface area contributed by atoms with E-state index in [0.717, 1.165) is 5.56 Å². The minimum absolute atomic E-state index is 0.0279. The van der Waals surface area contributed by atoms with Gasteiger partial charge in [-0.2, -0.15) is 5.10 Å². The number of fused-ring (bicyclic) bond motifs is 1. The standard InChI is InChI=1S/C32H41N9O6/c1-19(2)16-24-31(46)36-20(3)28-38-27(22-10-6-5-7-11-22)39-41(28)18-25(42)33-14-9-15-40(17-26(43)35-21(4)29(44)37-24)32(47)23-12-8-13-34-30(23)45/h5-8,10-13,19-21,24H,9,14-18H2,1-4H3,(H,33,42)(H,34,45)(H,35,43)(H,36,46)(H,37,44)/t20-,21+,24+/m0/s1. The van der Waals surface area contributed by atoms with Crippen molar-refractivity contribution in [3.63, 3.8) is 0 Å². The van der Waals surface area contributed by atoms with E-state index in [-0.39, 0.29) is 43.4 Å². The molecule has 3 atom stereocenters. The number of aromatic nitrogens is 4. The summed E-state index contributed by atoms with van der Waals surface area (Å²) >= 11 is 0. The normalized spacial score (nSPS) is 20.5. The number of amides is 5. The summed E-state index contributed by atoms with van der Waals surface area (Å²) in [6, 6.07) is 9.39. The van der Waals surface area contributed by atoms with Crippen molar-refractivity contribution in [3.05, 3.63) is 70.4 Å². The van der Waals surface area contributed by atoms with E-state index < -0.39 is 53.9 Å². The number of aromatic amines is 1. The first kappa shape index (κ1) is 34.5. The SMILES string of the molecule is CC(C)C[C@H]1NC(=O)[C@@H](C)NC(=O)CN(C(=O)c2ccc[nH]c2=O)CCCNC(=O)Cn2nc(-c3ccccc3)nc2[C@H](C)NC1=O. The molecule has 2 aromatic heterocycles. The van der Waals surface area contributed by atoms with Crippen LogP contribution in [0.1, 0.15) is 62.8 Å².